The second-order valence-electron chi connectivity index (χ2n) is 5.27. The lowest BCUT2D eigenvalue weighted by molar-refractivity contribution is 0.300. The van der Waals surface area contributed by atoms with Gasteiger partial charge in [-0.1, -0.05) is 25.3 Å². The number of nitrogens with two attached hydrogens (primary N) is 1. The smallest absolute Gasteiger partial charge is 0.161 e. The van der Waals surface area contributed by atoms with Crippen molar-refractivity contribution in [3.8, 4) is 11.5 Å². The Morgan fingerprint density at radius 1 is 1.21 bits per heavy atom. The molecule has 1 fully saturated rings. The Hall–Kier alpha value is -1.22. The van der Waals surface area contributed by atoms with Gasteiger partial charge in [-0.05, 0) is 43.4 Å². The number of benzene rings is 1. The van der Waals surface area contributed by atoms with Gasteiger partial charge in [-0.15, -0.1) is 0 Å². The van der Waals surface area contributed by atoms with Gasteiger partial charge in [0.2, 0.25) is 0 Å². The largest absolute Gasteiger partial charge is 0.493 e. The minimum atomic E-state index is 0.116. The standard InChI is InChI=1S/C16H25NO2/c1-3-19-15-11-13(9-10-14(15)18-2)16(17)12-7-5-4-6-8-12/h9-12,16H,3-8,17H2,1-2H3/t16-/m1/s1. The van der Waals surface area contributed by atoms with Crippen molar-refractivity contribution < 1.29 is 9.47 Å². The Morgan fingerprint density at radius 3 is 2.58 bits per heavy atom. The molecule has 3 nitrogen and oxygen atoms in total. The molecule has 0 radical (unpaired) electrons. The van der Waals surface area contributed by atoms with Crippen molar-refractivity contribution in [2.24, 2.45) is 11.7 Å². The Balaban J connectivity index is 2.16. The summed E-state index contributed by atoms with van der Waals surface area (Å²) in [4.78, 5) is 0. The summed E-state index contributed by atoms with van der Waals surface area (Å²) in [7, 11) is 1.67. The van der Waals surface area contributed by atoms with Crippen molar-refractivity contribution in [3.63, 3.8) is 0 Å². The lowest BCUT2D eigenvalue weighted by Gasteiger charge is -2.28. The zero-order valence-corrected chi connectivity index (χ0v) is 12.0. The highest BCUT2D eigenvalue weighted by Gasteiger charge is 2.22. The van der Waals surface area contributed by atoms with Crippen LogP contribution in [-0.2, 0) is 0 Å². The first-order valence-corrected chi connectivity index (χ1v) is 7.32. The molecule has 1 atom stereocenters. The number of hydrogen-bond acceptors (Lipinski definition) is 3. The van der Waals surface area contributed by atoms with Crippen LogP contribution in [0.25, 0.3) is 0 Å². The van der Waals surface area contributed by atoms with Gasteiger partial charge >= 0.3 is 0 Å². The first-order valence-electron chi connectivity index (χ1n) is 7.32. The summed E-state index contributed by atoms with van der Waals surface area (Å²) in [5.41, 5.74) is 7.59. The molecule has 2 N–H and O–H groups in total. The monoisotopic (exact) mass is 263 g/mol. The van der Waals surface area contributed by atoms with Gasteiger partial charge in [0.05, 0.1) is 13.7 Å². The normalized spacial score (nSPS) is 18.1. The van der Waals surface area contributed by atoms with Crippen LogP contribution in [0.2, 0.25) is 0 Å². The summed E-state index contributed by atoms with van der Waals surface area (Å²) in [5, 5.41) is 0. The second-order valence-corrected chi connectivity index (χ2v) is 5.27. The third kappa shape index (κ3) is 3.41. The van der Waals surface area contributed by atoms with E-state index in [0.717, 1.165) is 17.1 Å². The Kier molecular flexibility index (Phi) is 5.08. The Labute approximate surface area is 116 Å². The van der Waals surface area contributed by atoms with E-state index in [-0.39, 0.29) is 6.04 Å². The lowest BCUT2D eigenvalue weighted by atomic mass is 9.81. The quantitative estimate of drug-likeness (QED) is 0.881. The molecule has 0 bridgehead atoms. The molecule has 3 heteroatoms. The zero-order valence-electron chi connectivity index (χ0n) is 12.0. The summed E-state index contributed by atoms with van der Waals surface area (Å²) in [6.07, 6.45) is 6.48. The summed E-state index contributed by atoms with van der Waals surface area (Å²) >= 11 is 0. The average Bonchev–Trinajstić information content (AvgIpc) is 2.47. The summed E-state index contributed by atoms with van der Waals surface area (Å²) in [6, 6.07) is 6.19. The third-order valence-corrected chi connectivity index (χ3v) is 4.03. The van der Waals surface area contributed by atoms with Crippen molar-refractivity contribution in [2.75, 3.05) is 13.7 Å². The minimum absolute atomic E-state index is 0.116. The van der Waals surface area contributed by atoms with E-state index in [1.807, 2.05) is 19.1 Å². The van der Waals surface area contributed by atoms with E-state index in [0.29, 0.717) is 12.5 Å². The van der Waals surface area contributed by atoms with E-state index < -0.39 is 0 Å². The molecule has 0 heterocycles. The molecule has 0 aliphatic heterocycles. The van der Waals surface area contributed by atoms with Crippen LogP contribution in [0.4, 0.5) is 0 Å². The number of methoxy groups -OCH3 is 1. The maximum Gasteiger partial charge on any atom is 0.161 e. The van der Waals surface area contributed by atoms with E-state index in [9.17, 15) is 0 Å². The molecule has 0 spiro atoms. The van der Waals surface area contributed by atoms with E-state index in [4.69, 9.17) is 15.2 Å². The van der Waals surface area contributed by atoms with E-state index in [2.05, 4.69) is 6.07 Å². The molecule has 1 aromatic carbocycles. The lowest BCUT2D eigenvalue weighted by Crippen LogP contribution is -2.23. The predicted molar refractivity (Wildman–Crippen MR) is 77.7 cm³/mol. The van der Waals surface area contributed by atoms with E-state index in [1.54, 1.807) is 7.11 Å². The maximum absolute atomic E-state index is 6.43. The fourth-order valence-corrected chi connectivity index (χ4v) is 2.93. The zero-order chi connectivity index (χ0) is 13.7. The fourth-order valence-electron chi connectivity index (χ4n) is 2.93. The molecular formula is C16H25NO2. The van der Waals surface area contributed by atoms with Gasteiger partial charge in [-0.3, -0.25) is 0 Å². The van der Waals surface area contributed by atoms with Crippen LogP contribution in [0.3, 0.4) is 0 Å². The molecule has 19 heavy (non-hydrogen) atoms. The van der Waals surface area contributed by atoms with E-state index >= 15 is 0 Å². The van der Waals surface area contributed by atoms with Crippen molar-refractivity contribution in [1.29, 1.82) is 0 Å². The molecular weight excluding hydrogens is 238 g/mol. The van der Waals surface area contributed by atoms with Crippen LogP contribution in [0, 0.1) is 5.92 Å². The number of rotatable bonds is 5. The van der Waals surface area contributed by atoms with Crippen LogP contribution < -0.4 is 15.2 Å². The molecule has 1 aliphatic rings. The molecule has 0 unspecified atom stereocenters. The second kappa shape index (κ2) is 6.80. The van der Waals surface area contributed by atoms with Gasteiger partial charge in [0.15, 0.2) is 11.5 Å². The van der Waals surface area contributed by atoms with Crippen LogP contribution in [0.1, 0.15) is 50.6 Å². The van der Waals surface area contributed by atoms with Crippen LogP contribution in [0.15, 0.2) is 18.2 Å². The van der Waals surface area contributed by atoms with Crippen molar-refractivity contribution in [2.45, 2.75) is 45.1 Å². The fraction of sp³-hybridized carbons (Fsp3) is 0.625. The molecule has 2 rings (SSSR count). The molecule has 0 aromatic heterocycles. The molecule has 1 aliphatic carbocycles. The van der Waals surface area contributed by atoms with Crippen molar-refractivity contribution >= 4 is 0 Å². The van der Waals surface area contributed by atoms with Gasteiger partial charge in [-0.2, -0.15) is 0 Å². The predicted octanol–water partition coefficient (Wildman–Crippen LogP) is 3.67. The topological polar surface area (TPSA) is 44.5 Å². The van der Waals surface area contributed by atoms with Crippen LogP contribution >= 0.6 is 0 Å². The molecule has 0 amide bonds. The SMILES string of the molecule is CCOc1cc([C@H](N)C2CCCCC2)ccc1OC. The summed E-state index contributed by atoms with van der Waals surface area (Å²) in [5.74, 6) is 2.19. The highest BCUT2D eigenvalue weighted by molar-refractivity contribution is 5.44. The third-order valence-electron chi connectivity index (χ3n) is 4.03. The number of hydrogen-bond donors (Lipinski definition) is 1. The first-order chi connectivity index (χ1) is 9.26. The summed E-state index contributed by atoms with van der Waals surface area (Å²) in [6.45, 7) is 2.62. The minimum Gasteiger partial charge on any atom is -0.493 e. The first kappa shape index (κ1) is 14.2. The molecule has 1 aromatic rings. The van der Waals surface area contributed by atoms with Gasteiger partial charge in [-0.25, -0.2) is 0 Å². The van der Waals surface area contributed by atoms with Gasteiger partial charge < -0.3 is 15.2 Å². The highest BCUT2D eigenvalue weighted by Crippen LogP contribution is 2.36. The Bertz CT molecular complexity index is 400. The number of ether oxygens (including phenoxy) is 2. The van der Waals surface area contributed by atoms with E-state index in [1.165, 1.54) is 32.1 Å². The van der Waals surface area contributed by atoms with Crippen molar-refractivity contribution in [1.82, 2.24) is 0 Å². The highest BCUT2D eigenvalue weighted by atomic mass is 16.5. The van der Waals surface area contributed by atoms with Gasteiger partial charge in [0.25, 0.3) is 0 Å². The van der Waals surface area contributed by atoms with Gasteiger partial charge in [0, 0.05) is 6.04 Å². The van der Waals surface area contributed by atoms with Crippen molar-refractivity contribution in [3.05, 3.63) is 23.8 Å². The molecule has 106 valence electrons. The van der Waals surface area contributed by atoms with Crippen LogP contribution in [0.5, 0.6) is 11.5 Å². The Morgan fingerprint density at radius 2 is 1.95 bits per heavy atom. The van der Waals surface area contributed by atoms with Crippen LogP contribution in [-0.4, -0.2) is 13.7 Å². The molecule has 1 saturated carbocycles. The summed E-state index contributed by atoms with van der Waals surface area (Å²) < 4.78 is 10.9. The maximum atomic E-state index is 6.43. The molecule has 0 saturated heterocycles. The average molecular weight is 263 g/mol. The van der Waals surface area contributed by atoms with Gasteiger partial charge in [0.1, 0.15) is 0 Å².